The van der Waals surface area contributed by atoms with Crippen LogP contribution in [-0.2, 0) is 104 Å². The first-order valence-corrected chi connectivity index (χ1v) is 48.9. The van der Waals surface area contributed by atoms with Crippen LogP contribution in [0.3, 0.4) is 0 Å². The molecule has 9 amide bonds. The number of phosphoric acid groups is 2. The van der Waals surface area contributed by atoms with E-state index in [2.05, 4.69) is 44.0 Å². The van der Waals surface area contributed by atoms with Gasteiger partial charge >= 0.3 is 15.6 Å². The van der Waals surface area contributed by atoms with Crippen LogP contribution in [0, 0.1) is 0 Å². The third-order valence-corrected chi connectivity index (χ3v) is 24.6. The predicted octanol–water partition coefficient (Wildman–Crippen LogP) is 1.48. The Balaban J connectivity index is 1.07. The molecule has 1 aromatic rings. The number of aliphatic hydroxyl groups is 9. The summed E-state index contributed by atoms with van der Waals surface area (Å²) in [5.41, 5.74) is 1.28. The highest BCUT2D eigenvalue weighted by Gasteiger charge is 2.48. The summed E-state index contributed by atoms with van der Waals surface area (Å²) in [5, 5.41) is 107. The summed E-state index contributed by atoms with van der Waals surface area (Å²) in [6.07, 6.45) is -0.829. The van der Waals surface area contributed by atoms with Gasteiger partial charge in [0.25, 0.3) is 0 Å². The SMILES string of the molecule is CCCN(CCOP(=O)(O)OCCN(CCOP(=O)(O)OCCN(CCOC1CCC(c2ccccc2)CC1)C(=O)CCCCCNC(=O)CCCCCOC1OC(CO)C(O)C(O)C1NC(C)=O)C(=O)CCCCCNC(=O)CCCCCOC1OC(CO)C(O)C(O)C1NC(C)=O)C(=O)CCCCCNC(=O)CCCCCOC1OC(CO)C(O)C(O)C1NC(C)=O. The first-order chi connectivity index (χ1) is 61.8. The lowest BCUT2D eigenvalue weighted by atomic mass is 9.83. The molecule has 42 nitrogen and oxygen atoms in total. The third kappa shape index (κ3) is 45.3. The standard InChI is InChI=1S/C85H149N9O33P2/c1-5-42-92(71(104)32-18-7-21-39-86-68(101)29-15-10-24-48-118-83-74(89-59(2)98)80(110)77(107)65(56-95)125-83)44-52-121-128(113,114)123-54-46-94(73(106)34-20-9-23-41-88-70(103)31-17-12-26-50-120-85-76(91-61(4)100)82(112)79(109)67(58-97)127-85)47-55-124-129(115,116)122-53-45-93(43-51-117-64-37-35-63(36-38-64)62-27-13-6-14-28-62)72(105)33-19-8-22-40-87-69(102)30-16-11-25-49-119-84-75(90-60(3)99)81(111)78(108)66(57-96)126-84/h6,13-14,27-28,63-67,74-85,95-97,107-112H,5,7-12,15-26,29-58H2,1-4H3,(H,86,101)(H,87,102)(H,88,103)(H,89,98)(H,90,99)(H,91,100)(H,113,114)(H,115,116). The smallest absolute Gasteiger partial charge is 0.394 e. The zero-order valence-electron chi connectivity index (χ0n) is 75.5. The predicted molar refractivity (Wildman–Crippen MR) is 465 cm³/mol. The highest BCUT2D eigenvalue weighted by atomic mass is 31.2. The Hall–Kier alpha value is -5.97. The number of carbonyl (C=O) groups is 9. The van der Waals surface area contributed by atoms with Gasteiger partial charge in [0.1, 0.15) is 73.1 Å². The Bertz CT molecular complexity index is 3480. The molecule has 0 aromatic heterocycles. The van der Waals surface area contributed by atoms with Crippen LogP contribution in [0.2, 0.25) is 0 Å². The van der Waals surface area contributed by atoms with Gasteiger partial charge < -0.3 is 136 Å². The molecule has 3 aliphatic heterocycles. The van der Waals surface area contributed by atoms with E-state index >= 15 is 0 Å². The summed E-state index contributed by atoms with van der Waals surface area (Å²) >= 11 is 0. The molecule has 3 heterocycles. The fraction of sp³-hybridized carbons (Fsp3) is 0.824. The average Bonchev–Trinajstić information content (AvgIpc) is 0.848. The van der Waals surface area contributed by atoms with Crippen LogP contribution in [0.15, 0.2) is 30.3 Å². The molecule has 129 heavy (non-hydrogen) atoms. The average molecular weight is 1890 g/mol. The van der Waals surface area contributed by atoms with Crippen molar-refractivity contribution in [2.24, 2.45) is 0 Å². The van der Waals surface area contributed by atoms with Crippen molar-refractivity contribution in [2.75, 3.05) is 132 Å². The molecule has 1 aromatic carbocycles. The van der Waals surface area contributed by atoms with E-state index in [0.29, 0.717) is 154 Å². The van der Waals surface area contributed by atoms with Crippen LogP contribution >= 0.6 is 15.6 Å². The molecular formula is C85H149N9O33P2. The van der Waals surface area contributed by atoms with E-state index in [9.17, 15) is 108 Å². The number of hydrogen-bond donors (Lipinski definition) is 17. The van der Waals surface area contributed by atoms with Crippen molar-refractivity contribution in [3.63, 3.8) is 0 Å². The maximum Gasteiger partial charge on any atom is 0.472 e. The lowest BCUT2D eigenvalue weighted by molar-refractivity contribution is -0.270. The molecule has 3 saturated heterocycles. The van der Waals surface area contributed by atoms with E-state index < -0.39 is 171 Å². The number of benzene rings is 1. The molecule has 0 spiro atoms. The molecule has 17 unspecified atom stereocenters. The van der Waals surface area contributed by atoms with Gasteiger partial charge in [-0.05, 0) is 121 Å². The fourth-order valence-electron chi connectivity index (χ4n) is 15.4. The Kier molecular flexibility index (Phi) is 56.4. The van der Waals surface area contributed by atoms with Crippen LogP contribution < -0.4 is 31.9 Å². The first-order valence-electron chi connectivity index (χ1n) is 45.9. The number of hydrogen-bond acceptors (Lipinski definition) is 31. The second kappa shape index (κ2) is 64.1. The monoisotopic (exact) mass is 1890 g/mol. The summed E-state index contributed by atoms with van der Waals surface area (Å²) < 4.78 is 88.5. The normalized spacial score (nSPS) is 25.0. The molecular weight excluding hydrogens is 1740 g/mol. The molecule has 1 aliphatic carbocycles. The van der Waals surface area contributed by atoms with E-state index in [1.807, 2.05) is 25.1 Å². The summed E-state index contributed by atoms with van der Waals surface area (Å²) in [4.78, 5) is 141. The van der Waals surface area contributed by atoms with E-state index in [-0.39, 0.29) is 140 Å². The summed E-state index contributed by atoms with van der Waals surface area (Å²) in [7, 11) is -9.68. The maximum atomic E-state index is 13.9. The number of nitrogens with zero attached hydrogens (tertiary/aromatic N) is 3. The molecule has 4 fully saturated rings. The van der Waals surface area contributed by atoms with Gasteiger partial charge in [-0.3, -0.25) is 61.2 Å². The van der Waals surface area contributed by atoms with Crippen LogP contribution in [0.1, 0.15) is 225 Å². The molecule has 742 valence electrons. The maximum absolute atomic E-state index is 13.9. The summed E-state index contributed by atoms with van der Waals surface area (Å²) in [5.74, 6) is -2.49. The molecule has 1 saturated carbocycles. The number of ether oxygens (including phenoxy) is 7. The van der Waals surface area contributed by atoms with Crippen LogP contribution in [-0.4, -0.2) is 353 Å². The van der Waals surface area contributed by atoms with Gasteiger partial charge in [0.05, 0.1) is 59.0 Å². The molecule has 5 rings (SSSR count). The zero-order chi connectivity index (χ0) is 94.5. The first kappa shape index (κ1) is 114. The van der Waals surface area contributed by atoms with E-state index in [4.69, 9.17) is 51.3 Å². The minimum atomic E-state index is -4.87. The number of aliphatic hydroxyl groups excluding tert-OH is 9. The minimum absolute atomic E-state index is 0.0321. The van der Waals surface area contributed by atoms with Gasteiger partial charge in [0.2, 0.25) is 53.2 Å². The Labute approximate surface area is 756 Å². The Morgan fingerprint density at radius 1 is 0.372 bits per heavy atom. The third-order valence-electron chi connectivity index (χ3n) is 22.6. The molecule has 4 aliphatic rings. The quantitative estimate of drug-likeness (QED) is 0.0324. The number of carbonyl (C=O) groups excluding carboxylic acids is 9. The van der Waals surface area contributed by atoms with Crippen molar-refractivity contribution >= 4 is 68.8 Å². The number of phosphoric ester groups is 2. The van der Waals surface area contributed by atoms with E-state index in [1.54, 1.807) is 0 Å². The fourth-order valence-corrected chi connectivity index (χ4v) is 16.8. The van der Waals surface area contributed by atoms with Crippen molar-refractivity contribution < 1.29 is 159 Å². The van der Waals surface area contributed by atoms with Crippen LogP contribution in [0.5, 0.6) is 0 Å². The number of amides is 9. The van der Waals surface area contributed by atoms with E-state index in [0.717, 1.165) is 25.7 Å². The van der Waals surface area contributed by atoms with E-state index in [1.165, 1.54) is 41.0 Å². The van der Waals surface area contributed by atoms with Crippen molar-refractivity contribution in [3.8, 4) is 0 Å². The minimum Gasteiger partial charge on any atom is -0.394 e. The van der Waals surface area contributed by atoms with Gasteiger partial charge in [-0.2, -0.15) is 0 Å². The lowest BCUT2D eigenvalue weighted by Gasteiger charge is -2.42. The van der Waals surface area contributed by atoms with Gasteiger partial charge in [-0.15, -0.1) is 0 Å². The summed E-state index contributed by atoms with van der Waals surface area (Å²) in [6.45, 7) is 3.31. The second-order valence-corrected chi connectivity index (χ2v) is 35.9. The van der Waals surface area contributed by atoms with Crippen LogP contribution in [0.25, 0.3) is 0 Å². The molecule has 17 atom stereocenters. The van der Waals surface area contributed by atoms with Crippen LogP contribution in [0.4, 0.5) is 0 Å². The zero-order valence-corrected chi connectivity index (χ0v) is 77.3. The second-order valence-electron chi connectivity index (χ2n) is 33.0. The van der Waals surface area contributed by atoms with Gasteiger partial charge in [0, 0.05) is 138 Å². The van der Waals surface area contributed by atoms with Gasteiger partial charge in [-0.25, -0.2) is 9.13 Å². The number of rotatable bonds is 68. The molecule has 17 N–H and O–H groups in total. The number of unbranched alkanes of at least 4 members (excludes halogenated alkanes) is 12. The summed E-state index contributed by atoms with van der Waals surface area (Å²) in [6, 6.07) is 7.08. The molecule has 0 bridgehead atoms. The van der Waals surface area contributed by atoms with Crippen molar-refractivity contribution in [3.05, 3.63) is 35.9 Å². The largest absolute Gasteiger partial charge is 0.472 e. The van der Waals surface area contributed by atoms with Gasteiger partial charge in [-0.1, -0.05) is 75.8 Å². The highest BCUT2D eigenvalue weighted by molar-refractivity contribution is 7.47. The van der Waals surface area contributed by atoms with Crippen molar-refractivity contribution in [2.45, 2.75) is 318 Å². The molecule has 44 heteroatoms. The van der Waals surface area contributed by atoms with Crippen molar-refractivity contribution in [1.82, 2.24) is 46.6 Å². The Morgan fingerprint density at radius 2 is 0.667 bits per heavy atom. The Morgan fingerprint density at radius 3 is 0.969 bits per heavy atom. The van der Waals surface area contributed by atoms with Crippen molar-refractivity contribution in [1.29, 1.82) is 0 Å². The lowest BCUT2D eigenvalue weighted by Crippen LogP contribution is -2.64. The highest BCUT2D eigenvalue weighted by Crippen LogP contribution is 2.44. The number of nitrogens with one attached hydrogen (secondary N) is 6. The molecule has 0 radical (unpaired) electrons. The van der Waals surface area contributed by atoms with Gasteiger partial charge in [0.15, 0.2) is 18.9 Å². The topological polar surface area (TPSA) is 594 Å².